The Hall–Kier alpha value is -2.86. The summed E-state index contributed by atoms with van der Waals surface area (Å²) in [7, 11) is 1.49. The zero-order valence-electron chi connectivity index (χ0n) is 15.5. The van der Waals surface area contributed by atoms with Gasteiger partial charge in [-0.15, -0.1) is 0 Å². The van der Waals surface area contributed by atoms with Crippen LogP contribution >= 0.6 is 0 Å². The van der Waals surface area contributed by atoms with Gasteiger partial charge < -0.3 is 19.9 Å². The normalized spacial score (nSPS) is 15.3. The molecule has 0 aliphatic carbocycles. The smallest absolute Gasteiger partial charge is 0.254 e. The van der Waals surface area contributed by atoms with Crippen LogP contribution in [0.15, 0.2) is 60.7 Å². The molecule has 0 radical (unpaired) electrons. The molecule has 0 bridgehead atoms. The van der Waals surface area contributed by atoms with Gasteiger partial charge in [0.25, 0.3) is 5.91 Å². The number of ether oxygens (including phenoxy) is 1. The lowest BCUT2D eigenvalue weighted by Gasteiger charge is -2.36. The van der Waals surface area contributed by atoms with E-state index in [-0.39, 0.29) is 18.4 Å². The molecule has 2 aromatic rings. The minimum absolute atomic E-state index is 0.0170. The van der Waals surface area contributed by atoms with Crippen LogP contribution in [0.2, 0.25) is 0 Å². The molecule has 1 fully saturated rings. The van der Waals surface area contributed by atoms with Gasteiger partial charge in [-0.25, -0.2) is 0 Å². The van der Waals surface area contributed by atoms with Crippen molar-refractivity contribution >= 4 is 17.5 Å². The monoisotopic (exact) mass is 367 g/mol. The quantitative estimate of drug-likeness (QED) is 0.846. The van der Waals surface area contributed by atoms with E-state index in [0.717, 1.165) is 18.7 Å². The average molecular weight is 367 g/mol. The van der Waals surface area contributed by atoms with Gasteiger partial charge in [0.1, 0.15) is 0 Å². The fourth-order valence-electron chi connectivity index (χ4n) is 3.24. The van der Waals surface area contributed by atoms with E-state index in [0.29, 0.717) is 13.1 Å². The first-order chi connectivity index (χ1) is 13.2. The van der Waals surface area contributed by atoms with Crippen LogP contribution in [0.25, 0.3) is 0 Å². The minimum atomic E-state index is -0.714. The van der Waals surface area contributed by atoms with Gasteiger partial charge in [0.2, 0.25) is 5.91 Å². The maximum Gasteiger partial charge on any atom is 0.254 e. The molecular weight excluding hydrogens is 342 g/mol. The fraction of sp³-hybridized carbons (Fsp3) is 0.333. The standard InChI is InChI=1S/C21H25N3O3/c1-27-20(17-8-4-2-5-9-17)21(26)22-16-19(25)24-14-12-23(13-15-24)18-10-6-3-7-11-18/h2-11,20H,12-16H2,1H3,(H,22,26). The Labute approximate surface area is 159 Å². The number of rotatable bonds is 6. The molecule has 1 heterocycles. The zero-order chi connectivity index (χ0) is 19.1. The molecule has 0 spiro atoms. The summed E-state index contributed by atoms with van der Waals surface area (Å²) in [4.78, 5) is 28.9. The van der Waals surface area contributed by atoms with Crippen LogP contribution in [0.3, 0.4) is 0 Å². The molecule has 0 saturated carbocycles. The lowest BCUT2D eigenvalue weighted by atomic mass is 10.1. The van der Waals surface area contributed by atoms with E-state index in [2.05, 4.69) is 22.3 Å². The second-order valence-corrected chi connectivity index (χ2v) is 6.45. The molecule has 1 unspecified atom stereocenters. The Morgan fingerprint density at radius 3 is 2.15 bits per heavy atom. The second-order valence-electron chi connectivity index (χ2n) is 6.45. The van der Waals surface area contributed by atoms with Crippen molar-refractivity contribution in [2.45, 2.75) is 6.10 Å². The molecule has 1 atom stereocenters. The van der Waals surface area contributed by atoms with E-state index >= 15 is 0 Å². The Morgan fingerprint density at radius 1 is 0.963 bits per heavy atom. The topological polar surface area (TPSA) is 61.9 Å². The third-order valence-corrected chi connectivity index (χ3v) is 4.74. The van der Waals surface area contributed by atoms with Gasteiger partial charge >= 0.3 is 0 Å². The molecule has 142 valence electrons. The summed E-state index contributed by atoms with van der Waals surface area (Å²) in [5, 5.41) is 2.70. The molecular formula is C21H25N3O3. The van der Waals surface area contributed by atoms with E-state index in [9.17, 15) is 9.59 Å². The second kappa shape index (κ2) is 9.19. The van der Waals surface area contributed by atoms with Crippen molar-refractivity contribution in [3.8, 4) is 0 Å². The van der Waals surface area contributed by atoms with Crippen molar-refractivity contribution in [3.05, 3.63) is 66.2 Å². The third kappa shape index (κ3) is 4.86. The van der Waals surface area contributed by atoms with Crippen molar-refractivity contribution in [1.29, 1.82) is 0 Å². The fourth-order valence-corrected chi connectivity index (χ4v) is 3.24. The van der Waals surface area contributed by atoms with E-state index in [1.165, 1.54) is 12.8 Å². The van der Waals surface area contributed by atoms with Crippen molar-refractivity contribution in [2.75, 3.05) is 44.7 Å². The molecule has 3 rings (SSSR count). The maximum atomic E-state index is 12.4. The summed E-state index contributed by atoms with van der Waals surface area (Å²) in [5.41, 5.74) is 1.94. The zero-order valence-corrected chi connectivity index (χ0v) is 15.5. The van der Waals surface area contributed by atoms with Crippen molar-refractivity contribution in [3.63, 3.8) is 0 Å². The predicted molar refractivity (Wildman–Crippen MR) is 104 cm³/mol. The number of carbonyl (C=O) groups excluding carboxylic acids is 2. The summed E-state index contributed by atoms with van der Waals surface area (Å²) < 4.78 is 5.30. The minimum Gasteiger partial charge on any atom is -0.368 e. The molecule has 27 heavy (non-hydrogen) atoms. The number of carbonyl (C=O) groups is 2. The number of nitrogens with zero attached hydrogens (tertiary/aromatic N) is 2. The van der Waals surface area contributed by atoms with Crippen LogP contribution in [-0.4, -0.2) is 56.5 Å². The van der Waals surface area contributed by atoms with Gasteiger partial charge in [-0.05, 0) is 17.7 Å². The number of benzene rings is 2. The van der Waals surface area contributed by atoms with E-state index in [1.54, 1.807) is 4.90 Å². The van der Waals surface area contributed by atoms with Crippen LogP contribution < -0.4 is 10.2 Å². The Bertz CT molecular complexity index is 744. The maximum absolute atomic E-state index is 12.4. The highest BCUT2D eigenvalue weighted by Gasteiger charge is 2.24. The van der Waals surface area contributed by atoms with Gasteiger partial charge in [0.05, 0.1) is 6.54 Å². The highest BCUT2D eigenvalue weighted by molar-refractivity contribution is 5.87. The molecule has 0 aromatic heterocycles. The largest absolute Gasteiger partial charge is 0.368 e. The van der Waals surface area contributed by atoms with Crippen LogP contribution in [0.1, 0.15) is 11.7 Å². The number of piperazine rings is 1. The van der Waals surface area contributed by atoms with Crippen LogP contribution in [0.5, 0.6) is 0 Å². The van der Waals surface area contributed by atoms with Crippen LogP contribution in [0, 0.1) is 0 Å². The summed E-state index contributed by atoms with van der Waals surface area (Å²) >= 11 is 0. The van der Waals surface area contributed by atoms with Gasteiger partial charge in [-0.1, -0.05) is 48.5 Å². The molecule has 6 nitrogen and oxygen atoms in total. The number of anilines is 1. The number of amides is 2. The Balaban J connectivity index is 1.47. The third-order valence-electron chi connectivity index (χ3n) is 4.74. The summed E-state index contributed by atoms with van der Waals surface area (Å²) in [6.45, 7) is 2.85. The van der Waals surface area contributed by atoms with Crippen LogP contribution in [0.4, 0.5) is 5.69 Å². The van der Waals surface area contributed by atoms with Crippen molar-refractivity contribution in [2.24, 2.45) is 0 Å². The molecule has 1 aliphatic rings. The summed E-state index contributed by atoms with van der Waals surface area (Å²) in [5.74, 6) is -0.376. The first-order valence-corrected chi connectivity index (χ1v) is 9.12. The Morgan fingerprint density at radius 2 is 1.56 bits per heavy atom. The SMILES string of the molecule is COC(C(=O)NCC(=O)N1CCN(c2ccccc2)CC1)c1ccccc1. The predicted octanol–water partition coefficient (Wildman–Crippen LogP) is 1.84. The van der Waals surface area contributed by atoms with Gasteiger partial charge in [0, 0.05) is 39.0 Å². The van der Waals surface area contributed by atoms with Crippen LogP contribution in [-0.2, 0) is 14.3 Å². The van der Waals surface area contributed by atoms with Crippen molar-refractivity contribution in [1.82, 2.24) is 10.2 Å². The van der Waals surface area contributed by atoms with Crippen molar-refractivity contribution < 1.29 is 14.3 Å². The number of nitrogens with one attached hydrogen (secondary N) is 1. The first-order valence-electron chi connectivity index (χ1n) is 9.12. The van der Waals surface area contributed by atoms with Gasteiger partial charge in [-0.3, -0.25) is 9.59 Å². The summed E-state index contributed by atoms with van der Waals surface area (Å²) in [6.07, 6.45) is -0.714. The number of para-hydroxylation sites is 1. The molecule has 6 heteroatoms. The van der Waals surface area contributed by atoms with E-state index in [4.69, 9.17) is 4.74 Å². The molecule has 2 aromatic carbocycles. The highest BCUT2D eigenvalue weighted by Crippen LogP contribution is 2.17. The lowest BCUT2D eigenvalue weighted by Crippen LogP contribution is -2.51. The van der Waals surface area contributed by atoms with Gasteiger partial charge in [-0.2, -0.15) is 0 Å². The summed E-state index contributed by atoms with van der Waals surface area (Å²) in [6, 6.07) is 19.4. The molecule has 1 N–H and O–H groups in total. The van der Waals surface area contributed by atoms with E-state index in [1.807, 2.05) is 48.5 Å². The molecule has 2 amide bonds. The number of methoxy groups -OCH3 is 1. The number of hydrogen-bond acceptors (Lipinski definition) is 4. The van der Waals surface area contributed by atoms with E-state index < -0.39 is 6.10 Å². The number of hydrogen-bond donors (Lipinski definition) is 1. The Kier molecular flexibility index (Phi) is 6.44. The average Bonchev–Trinajstić information content (AvgIpc) is 2.74. The first kappa shape index (κ1) is 18.9. The molecule has 1 aliphatic heterocycles. The molecule has 1 saturated heterocycles. The highest BCUT2D eigenvalue weighted by atomic mass is 16.5. The lowest BCUT2D eigenvalue weighted by molar-refractivity contribution is -0.136. The van der Waals surface area contributed by atoms with Gasteiger partial charge in [0.15, 0.2) is 6.10 Å².